The van der Waals surface area contributed by atoms with Gasteiger partial charge in [-0.25, -0.2) is 4.39 Å². The molecular weight excluding hydrogens is 267 g/mol. The van der Waals surface area contributed by atoms with Crippen molar-refractivity contribution in [2.24, 2.45) is 0 Å². The minimum absolute atomic E-state index is 0.210. The Hall–Kier alpha value is -1.56. The number of hydrogen-bond acceptors (Lipinski definition) is 3. The largest absolute Gasteiger partial charge is 0.348 e. The first-order valence-corrected chi connectivity index (χ1v) is 6.51. The van der Waals surface area contributed by atoms with Gasteiger partial charge in [0.2, 0.25) is 11.8 Å². The number of carbonyl (C=O) groups excluding carboxylic acids is 2. The Balaban J connectivity index is 2.64. The van der Waals surface area contributed by atoms with E-state index >= 15 is 0 Å². The van der Waals surface area contributed by atoms with Crippen molar-refractivity contribution in [2.45, 2.75) is 25.9 Å². The molecule has 0 radical (unpaired) electrons. The summed E-state index contributed by atoms with van der Waals surface area (Å²) in [6.45, 7) is 3.13. The predicted octanol–water partition coefficient (Wildman–Crippen LogP) is 1.44. The van der Waals surface area contributed by atoms with Gasteiger partial charge in [0.15, 0.2) is 0 Å². The normalized spacial score (nSPS) is 13.5. The topological polar surface area (TPSA) is 58.2 Å². The number of hydrogen-bond donors (Lipinski definition) is 3. The highest BCUT2D eigenvalue weighted by Gasteiger charge is 2.19. The molecule has 19 heavy (non-hydrogen) atoms. The first-order chi connectivity index (χ1) is 8.93. The third-order valence-electron chi connectivity index (χ3n) is 2.61. The van der Waals surface area contributed by atoms with Crippen molar-refractivity contribution >= 4 is 24.4 Å². The maximum atomic E-state index is 12.8. The van der Waals surface area contributed by atoms with Crippen LogP contribution in [0.3, 0.4) is 0 Å². The molecule has 4 nitrogen and oxygen atoms in total. The second-order valence-electron chi connectivity index (χ2n) is 4.22. The zero-order valence-electron chi connectivity index (χ0n) is 10.8. The Kier molecular flexibility index (Phi) is 5.82. The maximum absolute atomic E-state index is 12.8. The van der Waals surface area contributed by atoms with Gasteiger partial charge in [-0.15, -0.1) is 0 Å². The molecule has 0 spiro atoms. The Morgan fingerprint density at radius 3 is 2.32 bits per heavy atom. The van der Waals surface area contributed by atoms with Gasteiger partial charge >= 0.3 is 0 Å². The first-order valence-electron chi connectivity index (χ1n) is 5.88. The molecule has 2 atom stereocenters. The summed E-state index contributed by atoms with van der Waals surface area (Å²) in [5.74, 6) is -0.721. The summed E-state index contributed by atoms with van der Waals surface area (Å²) in [6, 6.07) is 4.93. The van der Waals surface area contributed by atoms with Gasteiger partial charge in [-0.1, -0.05) is 12.1 Å². The van der Waals surface area contributed by atoms with Crippen LogP contribution < -0.4 is 10.6 Å². The highest BCUT2D eigenvalue weighted by Crippen LogP contribution is 2.12. The fourth-order valence-corrected chi connectivity index (χ4v) is 1.85. The monoisotopic (exact) mass is 284 g/mol. The number of halogens is 1. The van der Waals surface area contributed by atoms with Crippen LogP contribution in [0, 0.1) is 5.82 Å². The lowest BCUT2D eigenvalue weighted by Gasteiger charge is -2.19. The Bertz CT molecular complexity index is 450. The average Bonchev–Trinajstić information content (AvgIpc) is 2.36. The molecular formula is C13H17FN2O2S. The lowest BCUT2D eigenvalue weighted by molar-refractivity contribution is -0.127. The fraction of sp³-hybridized carbons (Fsp3) is 0.385. The van der Waals surface area contributed by atoms with E-state index in [9.17, 15) is 14.0 Å². The van der Waals surface area contributed by atoms with Crippen LogP contribution in [0.2, 0.25) is 0 Å². The summed E-state index contributed by atoms with van der Waals surface area (Å²) in [4.78, 5) is 22.9. The van der Waals surface area contributed by atoms with Crippen LogP contribution in [-0.2, 0) is 9.59 Å². The molecule has 6 heteroatoms. The minimum atomic E-state index is -0.677. The quantitative estimate of drug-likeness (QED) is 0.717. The molecule has 0 fully saturated rings. The maximum Gasteiger partial charge on any atom is 0.243 e. The molecule has 0 aliphatic carbocycles. The van der Waals surface area contributed by atoms with Crippen LogP contribution >= 0.6 is 12.6 Å². The number of benzene rings is 1. The fourth-order valence-electron chi connectivity index (χ4n) is 1.59. The molecule has 2 N–H and O–H groups in total. The molecule has 0 heterocycles. The van der Waals surface area contributed by atoms with Gasteiger partial charge < -0.3 is 10.6 Å². The van der Waals surface area contributed by atoms with Crippen molar-refractivity contribution in [3.8, 4) is 0 Å². The number of nitrogens with one attached hydrogen (secondary N) is 2. The van der Waals surface area contributed by atoms with Crippen LogP contribution in [0.5, 0.6) is 0 Å². The van der Waals surface area contributed by atoms with Crippen molar-refractivity contribution in [1.29, 1.82) is 0 Å². The summed E-state index contributed by atoms with van der Waals surface area (Å²) in [6.07, 6.45) is 0. The van der Waals surface area contributed by atoms with E-state index in [-0.39, 0.29) is 29.4 Å². The Morgan fingerprint density at radius 2 is 1.84 bits per heavy atom. The summed E-state index contributed by atoms with van der Waals surface area (Å²) in [5.41, 5.74) is 0.787. The van der Waals surface area contributed by atoms with Crippen molar-refractivity contribution in [3.63, 3.8) is 0 Å². The van der Waals surface area contributed by atoms with E-state index < -0.39 is 6.04 Å². The van der Waals surface area contributed by atoms with Gasteiger partial charge in [-0.05, 0) is 24.6 Å². The highest BCUT2D eigenvalue weighted by atomic mass is 32.1. The Morgan fingerprint density at radius 1 is 1.26 bits per heavy atom. The number of rotatable bonds is 5. The number of amides is 2. The van der Waals surface area contributed by atoms with Crippen molar-refractivity contribution in [2.75, 3.05) is 5.75 Å². The molecule has 0 aliphatic heterocycles. The van der Waals surface area contributed by atoms with Gasteiger partial charge in [-0.2, -0.15) is 12.6 Å². The van der Waals surface area contributed by atoms with Crippen LogP contribution in [0.25, 0.3) is 0 Å². The van der Waals surface area contributed by atoms with Crippen molar-refractivity contribution in [1.82, 2.24) is 10.6 Å². The molecule has 2 amide bonds. The third-order valence-corrected chi connectivity index (χ3v) is 2.97. The van der Waals surface area contributed by atoms with E-state index in [0.29, 0.717) is 0 Å². The van der Waals surface area contributed by atoms with Crippen LogP contribution in [0.4, 0.5) is 4.39 Å². The molecule has 0 aromatic heterocycles. The van der Waals surface area contributed by atoms with Crippen molar-refractivity contribution in [3.05, 3.63) is 35.6 Å². The zero-order chi connectivity index (χ0) is 14.4. The van der Waals surface area contributed by atoms with Gasteiger partial charge in [0.25, 0.3) is 0 Å². The standard InChI is InChI=1S/C13H17FN2O2S/c1-8(10-3-5-11(14)6-4-10)15-13(18)12(7-19)16-9(2)17/h3-6,8,12,19H,7H2,1-2H3,(H,15,18)(H,16,17). The Labute approximate surface area is 117 Å². The van der Waals surface area contributed by atoms with E-state index in [4.69, 9.17) is 0 Å². The second-order valence-corrected chi connectivity index (χ2v) is 4.58. The first kappa shape index (κ1) is 15.5. The predicted molar refractivity (Wildman–Crippen MR) is 74.4 cm³/mol. The van der Waals surface area contributed by atoms with Crippen LogP contribution in [0.15, 0.2) is 24.3 Å². The molecule has 104 valence electrons. The summed E-state index contributed by atoms with van der Waals surface area (Å²) >= 11 is 4.03. The SMILES string of the molecule is CC(=O)NC(CS)C(=O)NC(C)c1ccc(F)cc1. The van der Waals surface area contributed by atoms with Gasteiger partial charge in [0.05, 0.1) is 6.04 Å². The lowest BCUT2D eigenvalue weighted by Crippen LogP contribution is -2.47. The van der Waals surface area contributed by atoms with E-state index in [0.717, 1.165) is 5.56 Å². The van der Waals surface area contributed by atoms with E-state index in [1.165, 1.54) is 19.1 Å². The molecule has 0 aliphatic rings. The van der Waals surface area contributed by atoms with E-state index in [1.807, 2.05) is 0 Å². The summed E-state index contributed by atoms with van der Waals surface area (Å²) < 4.78 is 12.8. The summed E-state index contributed by atoms with van der Waals surface area (Å²) in [7, 11) is 0. The average molecular weight is 284 g/mol. The number of carbonyl (C=O) groups is 2. The van der Waals surface area contributed by atoms with Gasteiger partial charge in [0.1, 0.15) is 11.9 Å². The minimum Gasteiger partial charge on any atom is -0.348 e. The molecule has 0 saturated heterocycles. The second kappa shape index (κ2) is 7.13. The molecule has 1 aromatic rings. The highest BCUT2D eigenvalue weighted by molar-refractivity contribution is 7.80. The molecule has 1 rings (SSSR count). The number of thiol groups is 1. The van der Waals surface area contributed by atoms with Gasteiger partial charge in [-0.3, -0.25) is 9.59 Å². The molecule has 0 bridgehead atoms. The van der Waals surface area contributed by atoms with Crippen molar-refractivity contribution < 1.29 is 14.0 Å². The van der Waals surface area contributed by atoms with Gasteiger partial charge in [0, 0.05) is 12.7 Å². The molecule has 2 unspecified atom stereocenters. The van der Waals surface area contributed by atoms with E-state index in [1.54, 1.807) is 19.1 Å². The lowest BCUT2D eigenvalue weighted by atomic mass is 10.1. The molecule has 0 saturated carbocycles. The van der Waals surface area contributed by atoms with Crippen LogP contribution in [-0.4, -0.2) is 23.6 Å². The third kappa shape index (κ3) is 4.90. The zero-order valence-corrected chi connectivity index (χ0v) is 11.7. The van der Waals surface area contributed by atoms with E-state index in [2.05, 4.69) is 23.3 Å². The van der Waals surface area contributed by atoms with Crippen LogP contribution in [0.1, 0.15) is 25.5 Å². The smallest absolute Gasteiger partial charge is 0.243 e. The summed E-state index contributed by atoms with van der Waals surface area (Å²) in [5, 5.41) is 5.25. The molecule has 1 aromatic carbocycles.